The molecule has 0 saturated carbocycles. The summed E-state index contributed by atoms with van der Waals surface area (Å²) in [5.41, 5.74) is 5.22. The molecule has 0 unspecified atom stereocenters. The Morgan fingerprint density at radius 1 is 1.67 bits per heavy atom. The zero-order valence-corrected chi connectivity index (χ0v) is 7.73. The fraction of sp³-hybridized carbons (Fsp3) is 0.429. The van der Waals surface area contributed by atoms with E-state index in [1.165, 1.54) is 6.20 Å². The van der Waals surface area contributed by atoms with Gasteiger partial charge in [0.25, 0.3) is 0 Å². The summed E-state index contributed by atoms with van der Waals surface area (Å²) < 4.78 is 14.7. The summed E-state index contributed by atoms with van der Waals surface area (Å²) in [6.45, 7) is 3.79. The van der Waals surface area contributed by atoms with Gasteiger partial charge in [-0.1, -0.05) is 0 Å². The maximum atomic E-state index is 12.9. The lowest BCUT2D eigenvalue weighted by Gasteiger charge is -2.10. The standard InChI is InChI=1S/C7H10FN3S/c1-4(2)11-3-5(8)6(9)10-7(11)12/h3-4H,1-2H3,(H2,9,10,12). The van der Waals surface area contributed by atoms with E-state index in [-0.39, 0.29) is 11.9 Å². The maximum absolute atomic E-state index is 12.9. The Kier molecular flexibility index (Phi) is 2.42. The second-order valence-electron chi connectivity index (χ2n) is 2.76. The maximum Gasteiger partial charge on any atom is 0.201 e. The van der Waals surface area contributed by atoms with E-state index in [0.29, 0.717) is 4.77 Å². The van der Waals surface area contributed by atoms with Crippen LogP contribution in [0.5, 0.6) is 0 Å². The molecule has 0 spiro atoms. The number of nitrogens with zero attached hydrogens (tertiary/aromatic N) is 2. The second kappa shape index (κ2) is 3.18. The summed E-state index contributed by atoms with van der Waals surface area (Å²) >= 11 is 4.88. The lowest BCUT2D eigenvalue weighted by atomic mass is 10.4. The van der Waals surface area contributed by atoms with E-state index < -0.39 is 5.82 Å². The van der Waals surface area contributed by atoms with Crippen LogP contribution in [0.15, 0.2) is 6.20 Å². The van der Waals surface area contributed by atoms with Crippen LogP contribution in [0.4, 0.5) is 10.2 Å². The third kappa shape index (κ3) is 1.61. The van der Waals surface area contributed by atoms with Crippen molar-refractivity contribution in [2.75, 3.05) is 5.73 Å². The number of anilines is 1. The lowest BCUT2D eigenvalue weighted by molar-refractivity contribution is 0.534. The number of hydrogen-bond donors (Lipinski definition) is 1. The van der Waals surface area contributed by atoms with Gasteiger partial charge >= 0.3 is 0 Å². The molecule has 0 radical (unpaired) electrons. The van der Waals surface area contributed by atoms with E-state index in [1.54, 1.807) is 4.57 Å². The number of nitrogens with two attached hydrogens (primary N) is 1. The van der Waals surface area contributed by atoms with Crippen LogP contribution in [-0.4, -0.2) is 9.55 Å². The number of halogens is 1. The largest absolute Gasteiger partial charge is 0.381 e. The quantitative estimate of drug-likeness (QED) is 0.683. The van der Waals surface area contributed by atoms with Crippen LogP contribution in [0.2, 0.25) is 0 Å². The van der Waals surface area contributed by atoms with Gasteiger partial charge in [0.1, 0.15) is 0 Å². The van der Waals surface area contributed by atoms with E-state index in [9.17, 15) is 4.39 Å². The monoisotopic (exact) mass is 187 g/mol. The van der Waals surface area contributed by atoms with Gasteiger partial charge in [0, 0.05) is 12.2 Å². The molecule has 5 heteroatoms. The van der Waals surface area contributed by atoms with Crippen molar-refractivity contribution in [2.45, 2.75) is 19.9 Å². The smallest absolute Gasteiger partial charge is 0.201 e. The molecule has 12 heavy (non-hydrogen) atoms. The molecule has 66 valence electrons. The number of hydrogen-bond acceptors (Lipinski definition) is 3. The summed E-state index contributed by atoms with van der Waals surface area (Å²) in [5, 5.41) is 0. The van der Waals surface area contributed by atoms with E-state index >= 15 is 0 Å². The highest BCUT2D eigenvalue weighted by Gasteiger charge is 2.04. The Morgan fingerprint density at radius 3 is 2.75 bits per heavy atom. The van der Waals surface area contributed by atoms with E-state index in [0.717, 1.165) is 0 Å². The Morgan fingerprint density at radius 2 is 2.25 bits per heavy atom. The Hall–Kier alpha value is -0.970. The molecule has 0 bridgehead atoms. The van der Waals surface area contributed by atoms with E-state index in [4.69, 9.17) is 18.0 Å². The first-order valence-electron chi connectivity index (χ1n) is 3.56. The highest BCUT2D eigenvalue weighted by molar-refractivity contribution is 7.71. The molecule has 0 saturated heterocycles. The number of nitrogen functional groups attached to an aromatic ring is 1. The minimum atomic E-state index is -0.530. The molecule has 3 nitrogen and oxygen atoms in total. The number of rotatable bonds is 1. The minimum Gasteiger partial charge on any atom is -0.381 e. The molecule has 1 rings (SSSR count). The molecule has 1 aromatic rings. The predicted molar refractivity (Wildman–Crippen MR) is 47.8 cm³/mol. The summed E-state index contributed by atoms with van der Waals surface area (Å²) in [6, 6.07) is 0.0973. The Labute approximate surface area is 75.0 Å². The van der Waals surface area contributed by atoms with Crippen LogP contribution in [0.1, 0.15) is 19.9 Å². The van der Waals surface area contributed by atoms with Gasteiger partial charge in [0.15, 0.2) is 11.6 Å². The van der Waals surface area contributed by atoms with Crippen molar-refractivity contribution in [3.8, 4) is 0 Å². The highest BCUT2D eigenvalue weighted by Crippen LogP contribution is 2.10. The van der Waals surface area contributed by atoms with Crippen molar-refractivity contribution >= 4 is 18.0 Å². The molecule has 0 aliphatic heterocycles. The summed E-state index contributed by atoms with van der Waals surface area (Å²) in [7, 11) is 0. The average molecular weight is 187 g/mol. The van der Waals surface area contributed by atoms with Crippen molar-refractivity contribution < 1.29 is 4.39 Å². The molecule has 0 fully saturated rings. The molecule has 1 heterocycles. The topological polar surface area (TPSA) is 43.8 Å². The molecule has 1 aromatic heterocycles. The van der Waals surface area contributed by atoms with Crippen LogP contribution in [-0.2, 0) is 0 Å². The predicted octanol–water partition coefficient (Wildman–Crippen LogP) is 1.91. The summed E-state index contributed by atoms with van der Waals surface area (Å²) in [6.07, 6.45) is 1.27. The molecular formula is C7H10FN3S. The third-order valence-electron chi connectivity index (χ3n) is 1.49. The van der Waals surface area contributed by atoms with Gasteiger partial charge in [-0.25, -0.2) is 4.39 Å². The molecule has 0 aliphatic carbocycles. The first kappa shape index (κ1) is 9.12. The van der Waals surface area contributed by atoms with Gasteiger partial charge in [0.05, 0.1) is 0 Å². The van der Waals surface area contributed by atoms with E-state index in [1.807, 2.05) is 13.8 Å². The molecule has 0 aromatic carbocycles. The lowest BCUT2D eigenvalue weighted by Crippen LogP contribution is -2.08. The number of aromatic nitrogens is 2. The van der Waals surface area contributed by atoms with Crippen LogP contribution >= 0.6 is 12.2 Å². The zero-order valence-electron chi connectivity index (χ0n) is 6.91. The van der Waals surface area contributed by atoms with Crippen LogP contribution < -0.4 is 5.73 Å². The fourth-order valence-corrected chi connectivity index (χ4v) is 1.19. The van der Waals surface area contributed by atoms with Gasteiger partial charge in [-0.2, -0.15) is 4.98 Å². The van der Waals surface area contributed by atoms with Crippen molar-refractivity contribution in [3.05, 3.63) is 16.8 Å². The fourth-order valence-electron chi connectivity index (χ4n) is 0.828. The van der Waals surface area contributed by atoms with Gasteiger partial charge in [-0.15, -0.1) is 0 Å². The Balaban J connectivity index is 3.33. The van der Waals surface area contributed by atoms with Crippen molar-refractivity contribution in [2.24, 2.45) is 0 Å². The first-order valence-corrected chi connectivity index (χ1v) is 3.97. The SMILES string of the molecule is CC(C)n1cc(F)c(N)nc1=S. The van der Waals surface area contributed by atoms with E-state index in [2.05, 4.69) is 4.98 Å². The normalized spacial score (nSPS) is 10.7. The van der Waals surface area contributed by atoms with Gasteiger partial charge in [-0.05, 0) is 26.1 Å². The van der Waals surface area contributed by atoms with Gasteiger partial charge < -0.3 is 10.3 Å². The zero-order chi connectivity index (χ0) is 9.30. The van der Waals surface area contributed by atoms with Crippen molar-refractivity contribution in [1.82, 2.24) is 9.55 Å². The van der Waals surface area contributed by atoms with Crippen molar-refractivity contribution in [3.63, 3.8) is 0 Å². The van der Waals surface area contributed by atoms with Gasteiger partial charge in [-0.3, -0.25) is 0 Å². The summed E-state index contributed by atoms with van der Waals surface area (Å²) in [4.78, 5) is 3.67. The summed E-state index contributed by atoms with van der Waals surface area (Å²) in [5.74, 6) is -0.672. The molecule has 0 atom stereocenters. The molecule has 0 aliphatic rings. The molecular weight excluding hydrogens is 177 g/mol. The van der Waals surface area contributed by atoms with Crippen molar-refractivity contribution in [1.29, 1.82) is 0 Å². The van der Waals surface area contributed by atoms with Gasteiger partial charge in [0.2, 0.25) is 4.77 Å². The molecule has 2 N–H and O–H groups in total. The van der Waals surface area contributed by atoms with Crippen LogP contribution in [0, 0.1) is 10.6 Å². The third-order valence-corrected chi connectivity index (χ3v) is 1.79. The Bertz CT molecular complexity index is 345. The second-order valence-corrected chi connectivity index (χ2v) is 3.12. The molecule has 0 amide bonds. The average Bonchev–Trinajstić information content (AvgIpc) is 1.96. The minimum absolute atomic E-state index is 0.0973. The van der Waals surface area contributed by atoms with Crippen LogP contribution in [0.25, 0.3) is 0 Å². The van der Waals surface area contributed by atoms with Crippen LogP contribution in [0.3, 0.4) is 0 Å². The highest BCUT2D eigenvalue weighted by atomic mass is 32.1. The first-order chi connectivity index (χ1) is 5.52.